The van der Waals surface area contributed by atoms with Gasteiger partial charge in [-0.2, -0.15) is 0 Å². The van der Waals surface area contributed by atoms with Crippen LogP contribution < -0.4 is 16.4 Å². The van der Waals surface area contributed by atoms with Crippen LogP contribution in [0.5, 0.6) is 0 Å². The molecule has 24 heavy (non-hydrogen) atoms. The highest BCUT2D eigenvalue weighted by atomic mass is 35.5. The summed E-state index contributed by atoms with van der Waals surface area (Å²) in [5.74, 6) is -0.577. The van der Waals surface area contributed by atoms with Crippen LogP contribution in [0.4, 0.5) is 10.1 Å². The number of carbonyl (C=O) groups is 2. The van der Waals surface area contributed by atoms with Crippen LogP contribution in [-0.4, -0.2) is 24.4 Å². The van der Waals surface area contributed by atoms with Crippen molar-refractivity contribution in [3.63, 3.8) is 0 Å². The Balaban J connectivity index is 0.00000288. The SMILES string of the molecule is CC(C)CC(=O)Nc1ccc(C(=O)NC(CN)C2CC2)cc1F.Cl. The maximum atomic E-state index is 14.1. The molecule has 5 nitrogen and oxygen atoms in total. The zero-order valence-corrected chi connectivity index (χ0v) is 14.8. The molecule has 1 aromatic carbocycles. The molecular formula is C17H25ClFN3O2. The van der Waals surface area contributed by atoms with Crippen molar-refractivity contribution >= 4 is 29.9 Å². The van der Waals surface area contributed by atoms with Gasteiger partial charge < -0.3 is 16.4 Å². The Bertz CT molecular complexity index is 591. The molecule has 0 spiro atoms. The number of carbonyl (C=O) groups excluding carboxylic acids is 2. The maximum Gasteiger partial charge on any atom is 0.251 e. The number of nitrogens with two attached hydrogens (primary N) is 1. The summed E-state index contributed by atoms with van der Waals surface area (Å²) in [4.78, 5) is 23.8. The Morgan fingerprint density at radius 3 is 2.50 bits per heavy atom. The summed E-state index contributed by atoms with van der Waals surface area (Å²) in [6.07, 6.45) is 2.45. The van der Waals surface area contributed by atoms with Crippen LogP contribution in [0.2, 0.25) is 0 Å². The summed E-state index contributed by atoms with van der Waals surface area (Å²) in [7, 11) is 0. The number of anilines is 1. The fraction of sp³-hybridized carbons (Fsp3) is 0.529. The van der Waals surface area contributed by atoms with Gasteiger partial charge in [0.15, 0.2) is 0 Å². The quantitative estimate of drug-likeness (QED) is 0.701. The Labute approximate surface area is 148 Å². The van der Waals surface area contributed by atoms with Crippen LogP contribution in [0.25, 0.3) is 0 Å². The van der Waals surface area contributed by atoms with Gasteiger partial charge in [0.1, 0.15) is 5.82 Å². The van der Waals surface area contributed by atoms with Crippen LogP contribution >= 0.6 is 12.4 Å². The fourth-order valence-corrected chi connectivity index (χ4v) is 2.45. The molecule has 1 unspecified atom stereocenters. The zero-order chi connectivity index (χ0) is 17.0. The second-order valence-corrected chi connectivity index (χ2v) is 6.49. The average molecular weight is 358 g/mol. The van der Waals surface area contributed by atoms with Gasteiger partial charge >= 0.3 is 0 Å². The largest absolute Gasteiger partial charge is 0.348 e. The van der Waals surface area contributed by atoms with Gasteiger partial charge in [-0.1, -0.05) is 13.8 Å². The molecule has 7 heteroatoms. The van der Waals surface area contributed by atoms with E-state index < -0.39 is 5.82 Å². The van der Waals surface area contributed by atoms with Crippen molar-refractivity contribution in [2.45, 2.75) is 39.2 Å². The van der Waals surface area contributed by atoms with E-state index in [9.17, 15) is 14.0 Å². The fourth-order valence-electron chi connectivity index (χ4n) is 2.45. The van der Waals surface area contributed by atoms with Gasteiger partial charge in [-0.3, -0.25) is 9.59 Å². The molecule has 1 atom stereocenters. The summed E-state index contributed by atoms with van der Waals surface area (Å²) in [5, 5.41) is 5.36. The maximum absolute atomic E-state index is 14.1. The lowest BCUT2D eigenvalue weighted by Crippen LogP contribution is -2.41. The smallest absolute Gasteiger partial charge is 0.251 e. The van der Waals surface area contributed by atoms with Gasteiger partial charge in [0, 0.05) is 24.6 Å². The van der Waals surface area contributed by atoms with Gasteiger partial charge in [0.25, 0.3) is 5.91 Å². The predicted molar refractivity (Wildman–Crippen MR) is 94.8 cm³/mol. The third-order valence-electron chi connectivity index (χ3n) is 3.86. The van der Waals surface area contributed by atoms with E-state index in [2.05, 4.69) is 10.6 Å². The highest BCUT2D eigenvalue weighted by Crippen LogP contribution is 2.32. The molecule has 1 aliphatic carbocycles. The standard InChI is InChI=1S/C17H24FN3O2.ClH/c1-10(2)7-16(22)20-14-6-5-12(8-13(14)18)17(23)21-15(9-19)11-3-4-11;/h5-6,8,10-11,15H,3-4,7,9,19H2,1-2H3,(H,20,22)(H,21,23);1H. The Morgan fingerprint density at radius 1 is 1.33 bits per heavy atom. The van der Waals surface area contributed by atoms with Gasteiger partial charge in [0.2, 0.25) is 5.91 Å². The molecule has 1 aromatic rings. The van der Waals surface area contributed by atoms with Gasteiger partial charge in [-0.15, -0.1) is 12.4 Å². The predicted octanol–water partition coefficient (Wildman–Crippen LogP) is 2.70. The second-order valence-electron chi connectivity index (χ2n) is 6.49. The summed E-state index contributed by atoms with van der Waals surface area (Å²) in [5.41, 5.74) is 5.97. The number of rotatable bonds is 7. The Kier molecular flexibility index (Phi) is 7.63. The van der Waals surface area contributed by atoms with Gasteiger partial charge in [0.05, 0.1) is 5.69 Å². The van der Waals surface area contributed by atoms with Crippen LogP contribution in [0.3, 0.4) is 0 Å². The van der Waals surface area contributed by atoms with E-state index >= 15 is 0 Å². The topological polar surface area (TPSA) is 84.2 Å². The molecule has 1 saturated carbocycles. The second kappa shape index (κ2) is 8.99. The van der Waals surface area contributed by atoms with Crippen molar-refractivity contribution in [3.05, 3.63) is 29.6 Å². The zero-order valence-electron chi connectivity index (χ0n) is 14.0. The molecule has 0 aliphatic heterocycles. The summed E-state index contributed by atoms with van der Waals surface area (Å²) >= 11 is 0. The first-order chi connectivity index (χ1) is 10.9. The van der Waals surface area contributed by atoms with Crippen molar-refractivity contribution < 1.29 is 14.0 Å². The minimum atomic E-state index is -0.620. The summed E-state index contributed by atoms with van der Waals surface area (Å²) in [6.45, 7) is 4.20. The molecule has 0 aromatic heterocycles. The molecular weight excluding hydrogens is 333 g/mol. The van der Waals surface area contributed by atoms with Crippen molar-refractivity contribution in [3.8, 4) is 0 Å². The van der Waals surface area contributed by atoms with E-state index in [1.54, 1.807) is 0 Å². The number of hydrogen-bond donors (Lipinski definition) is 3. The van der Waals surface area contributed by atoms with E-state index in [0.29, 0.717) is 18.9 Å². The van der Waals surface area contributed by atoms with E-state index in [1.165, 1.54) is 12.1 Å². The first kappa shape index (κ1) is 20.4. The van der Waals surface area contributed by atoms with Gasteiger partial charge in [-0.25, -0.2) is 4.39 Å². The average Bonchev–Trinajstić information content (AvgIpc) is 3.30. The molecule has 0 bridgehead atoms. The number of halogens is 2. The minimum absolute atomic E-state index is 0. The molecule has 4 N–H and O–H groups in total. The van der Waals surface area contributed by atoms with Crippen molar-refractivity contribution in [2.75, 3.05) is 11.9 Å². The summed E-state index contributed by atoms with van der Waals surface area (Å²) in [6, 6.07) is 4.00. The third-order valence-corrected chi connectivity index (χ3v) is 3.86. The molecule has 0 heterocycles. The highest BCUT2D eigenvalue weighted by Gasteiger charge is 2.31. The van der Waals surface area contributed by atoms with E-state index in [-0.39, 0.29) is 47.4 Å². The first-order valence-electron chi connectivity index (χ1n) is 8.01. The van der Waals surface area contributed by atoms with E-state index in [4.69, 9.17) is 5.73 Å². The normalized spacial score (nSPS) is 14.7. The van der Waals surface area contributed by atoms with Crippen LogP contribution in [-0.2, 0) is 4.79 Å². The van der Waals surface area contributed by atoms with Crippen LogP contribution in [0.1, 0.15) is 43.5 Å². The van der Waals surface area contributed by atoms with E-state index in [0.717, 1.165) is 18.9 Å². The van der Waals surface area contributed by atoms with Crippen molar-refractivity contribution in [1.82, 2.24) is 5.32 Å². The molecule has 134 valence electrons. The monoisotopic (exact) mass is 357 g/mol. The minimum Gasteiger partial charge on any atom is -0.348 e. The molecule has 2 rings (SSSR count). The lowest BCUT2D eigenvalue weighted by atomic mass is 10.1. The number of benzene rings is 1. The Morgan fingerprint density at radius 2 is 2.00 bits per heavy atom. The Hall–Kier alpha value is -1.66. The lowest BCUT2D eigenvalue weighted by Gasteiger charge is -2.16. The molecule has 0 saturated heterocycles. The van der Waals surface area contributed by atoms with Crippen molar-refractivity contribution in [1.29, 1.82) is 0 Å². The molecule has 2 amide bonds. The number of amides is 2. The third kappa shape index (κ3) is 5.76. The highest BCUT2D eigenvalue weighted by molar-refractivity contribution is 5.96. The number of nitrogens with one attached hydrogen (secondary N) is 2. The van der Waals surface area contributed by atoms with Crippen LogP contribution in [0, 0.1) is 17.7 Å². The van der Waals surface area contributed by atoms with Crippen molar-refractivity contribution in [2.24, 2.45) is 17.6 Å². The van der Waals surface area contributed by atoms with Crippen LogP contribution in [0.15, 0.2) is 18.2 Å². The lowest BCUT2D eigenvalue weighted by molar-refractivity contribution is -0.116. The molecule has 1 aliphatic rings. The number of hydrogen-bond acceptors (Lipinski definition) is 3. The summed E-state index contributed by atoms with van der Waals surface area (Å²) < 4.78 is 14.1. The molecule has 0 radical (unpaired) electrons. The first-order valence-corrected chi connectivity index (χ1v) is 8.01. The van der Waals surface area contributed by atoms with Gasteiger partial charge in [-0.05, 0) is 42.9 Å². The molecule has 1 fully saturated rings. The van der Waals surface area contributed by atoms with E-state index in [1.807, 2.05) is 13.8 Å².